The van der Waals surface area contributed by atoms with E-state index in [0.717, 1.165) is 37.9 Å². The van der Waals surface area contributed by atoms with E-state index in [1.165, 1.54) is 20.8 Å². The van der Waals surface area contributed by atoms with Gasteiger partial charge in [0.1, 0.15) is 5.67 Å². The summed E-state index contributed by atoms with van der Waals surface area (Å²) in [6.45, 7) is 22.8. The molecule has 150 valence electrons. The standard InChI is InChI=1S/C23H39F2N/c1-10-14-26(15-11-2)21(16-20(5)24)17-22(6,7)18(3)12-13-19(4)23(8,9)25/h12-13,16,21H,3-4,10-11,14-15,17H2,1-2,5-9H3/b13-12-,20-16-. The highest BCUT2D eigenvalue weighted by Gasteiger charge is 2.28. The second-order valence-corrected chi connectivity index (χ2v) is 8.30. The van der Waals surface area contributed by atoms with Gasteiger partial charge < -0.3 is 0 Å². The lowest BCUT2D eigenvalue weighted by Gasteiger charge is -2.36. The zero-order valence-corrected chi connectivity index (χ0v) is 18.0. The van der Waals surface area contributed by atoms with E-state index in [4.69, 9.17) is 0 Å². The highest BCUT2D eigenvalue weighted by atomic mass is 19.1. The van der Waals surface area contributed by atoms with Gasteiger partial charge in [-0.15, -0.1) is 0 Å². The van der Waals surface area contributed by atoms with E-state index < -0.39 is 5.67 Å². The van der Waals surface area contributed by atoms with Gasteiger partial charge in [0.2, 0.25) is 0 Å². The first-order valence-electron chi connectivity index (χ1n) is 9.68. The maximum absolute atomic E-state index is 13.9. The molecule has 1 nitrogen and oxygen atoms in total. The van der Waals surface area contributed by atoms with Crippen LogP contribution >= 0.6 is 0 Å². The highest BCUT2D eigenvalue weighted by molar-refractivity contribution is 5.32. The van der Waals surface area contributed by atoms with Gasteiger partial charge in [-0.2, -0.15) is 0 Å². The van der Waals surface area contributed by atoms with Crippen LogP contribution in [0.25, 0.3) is 0 Å². The van der Waals surface area contributed by atoms with Gasteiger partial charge in [-0.1, -0.05) is 53.0 Å². The van der Waals surface area contributed by atoms with E-state index in [0.29, 0.717) is 5.57 Å². The SMILES string of the molecule is C=C(/C=C\C(=C)C(C)(C)CC(/C=C(/C)F)N(CCC)CCC)C(C)(C)F. The Labute approximate surface area is 160 Å². The van der Waals surface area contributed by atoms with Crippen LogP contribution in [0, 0.1) is 5.41 Å². The molecule has 1 unspecified atom stereocenters. The Morgan fingerprint density at radius 3 is 1.85 bits per heavy atom. The summed E-state index contributed by atoms with van der Waals surface area (Å²) in [7, 11) is 0. The number of hydrogen-bond donors (Lipinski definition) is 0. The molecular weight excluding hydrogens is 328 g/mol. The molecule has 1 atom stereocenters. The summed E-state index contributed by atoms with van der Waals surface area (Å²) in [6, 6.07) is 0.0147. The predicted octanol–water partition coefficient (Wildman–Crippen LogP) is 7.18. The Balaban J connectivity index is 5.38. The van der Waals surface area contributed by atoms with E-state index in [1.807, 2.05) is 6.08 Å². The second-order valence-electron chi connectivity index (χ2n) is 8.30. The van der Waals surface area contributed by atoms with E-state index in [9.17, 15) is 8.78 Å². The van der Waals surface area contributed by atoms with Gasteiger partial charge >= 0.3 is 0 Å². The van der Waals surface area contributed by atoms with Crippen LogP contribution in [-0.4, -0.2) is 29.7 Å². The molecule has 0 aromatic carbocycles. The summed E-state index contributed by atoms with van der Waals surface area (Å²) in [6.07, 6.45) is 8.07. The van der Waals surface area contributed by atoms with E-state index >= 15 is 0 Å². The molecule has 26 heavy (non-hydrogen) atoms. The van der Waals surface area contributed by atoms with Crippen molar-refractivity contribution in [3.8, 4) is 0 Å². The Bertz CT molecular complexity index is 511. The largest absolute Gasteiger partial charge is 0.297 e. The van der Waals surface area contributed by atoms with Crippen molar-refractivity contribution in [3.05, 3.63) is 48.4 Å². The number of alkyl halides is 1. The average Bonchev–Trinajstić information content (AvgIpc) is 2.49. The van der Waals surface area contributed by atoms with Crippen LogP contribution in [0.3, 0.4) is 0 Å². The number of rotatable bonds is 12. The van der Waals surface area contributed by atoms with Gasteiger partial charge in [-0.3, -0.25) is 4.90 Å². The number of nitrogens with zero attached hydrogens (tertiary/aromatic N) is 1. The molecule has 0 saturated carbocycles. The van der Waals surface area contributed by atoms with Crippen LogP contribution in [-0.2, 0) is 0 Å². The predicted molar refractivity (Wildman–Crippen MR) is 112 cm³/mol. The summed E-state index contributed by atoms with van der Waals surface area (Å²) < 4.78 is 27.6. The fraction of sp³-hybridized carbons (Fsp3) is 0.652. The van der Waals surface area contributed by atoms with Gasteiger partial charge in [0.05, 0.1) is 5.83 Å². The van der Waals surface area contributed by atoms with Gasteiger partial charge in [0, 0.05) is 6.04 Å². The van der Waals surface area contributed by atoms with Gasteiger partial charge in [0.25, 0.3) is 0 Å². The average molecular weight is 368 g/mol. The van der Waals surface area contributed by atoms with Gasteiger partial charge in [0.15, 0.2) is 0 Å². The Morgan fingerprint density at radius 1 is 1.00 bits per heavy atom. The van der Waals surface area contributed by atoms with Crippen LogP contribution in [0.5, 0.6) is 0 Å². The van der Waals surface area contributed by atoms with Crippen molar-refractivity contribution in [1.29, 1.82) is 0 Å². The molecule has 0 rings (SSSR count). The molecule has 0 aliphatic heterocycles. The molecule has 0 heterocycles. The molecule has 0 saturated heterocycles. The Morgan fingerprint density at radius 2 is 1.46 bits per heavy atom. The van der Waals surface area contributed by atoms with E-state index in [1.54, 1.807) is 12.2 Å². The van der Waals surface area contributed by atoms with E-state index in [-0.39, 0.29) is 17.3 Å². The monoisotopic (exact) mass is 367 g/mol. The van der Waals surface area contributed by atoms with Crippen molar-refractivity contribution < 1.29 is 8.78 Å². The van der Waals surface area contributed by atoms with Crippen molar-refractivity contribution in [1.82, 2.24) is 4.90 Å². The van der Waals surface area contributed by atoms with Crippen molar-refractivity contribution in [3.63, 3.8) is 0 Å². The number of allylic oxidation sites excluding steroid dienone is 5. The van der Waals surface area contributed by atoms with Gasteiger partial charge in [-0.25, -0.2) is 8.78 Å². The molecule has 3 heteroatoms. The molecule has 0 radical (unpaired) electrons. The molecule has 0 N–H and O–H groups in total. The first-order valence-corrected chi connectivity index (χ1v) is 9.68. The minimum Gasteiger partial charge on any atom is -0.297 e. The summed E-state index contributed by atoms with van der Waals surface area (Å²) in [5.74, 6) is -0.156. The van der Waals surface area contributed by atoms with Crippen molar-refractivity contribution in [2.24, 2.45) is 5.41 Å². The zero-order chi connectivity index (χ0) is 20.5. The lowest BCUT2D eigenvalue weighted by molar-refractivity contribution is 0.185. The maximum Gasteiger partial charge on any atom is 0.129 e. The summed E-state index contributed by atoms with van der Waals surface area (Å²) in [4.78, 5) is 2.34. The van der Waals surface area contributed by atoms with Crippen LogP contribution in [0.2, 0.25) is 0 Å². The van der Waals surface area contributed by atoms with Crippen LogP contribution in [0.1, 0.15) is 67.7 Å². The summed E-state index contributed by atoms with van der Waals surface area (Å²) in [5.41, 5.74) is -0.376. The maximum atomic E-state index is 13.9. The molecule has 0 aromatic heterocycles. The van der Waals surface area contributed by atoms with Crippen LogP contribution in [0.15, 0.2) is 48.4 Å². The summed E-state index contributed by atoms with van der Waals surface area (Å²) >= 11 is 0. The van der Waals surface area contributed by atoms with E-state index in [2.05, 4.69) is 45.8 Å². The van der Waals surface area contributed by atoms with Crippen molar-refractivity contribution in [2.45, 2.75) is 79.4 Å². The molecule has 0 amide bonds. The summed E-state index contributed by atoms with van der Waals surface area (Å²) in [5, 5.41) is 0. The third-order valence-corrected chi connectivity index (χ3v) is 4.75. The Kier molecular flexibility index (Phi) is 10.3. The first kappa shape index (κ1) is 24.8. The third kappa shape index (κ3) is 8.93. The molecule has 0 fully saturated rings. The highest BCUT2D eigenvalue weighted by Crippen LogP contribution is 2.34. The van der Waals surface area contributed by atoms with Crippen molar-refractivity contribution in [2.75, 3.05) is 13.1 Å². The second kappa shape index (κ2) is 10.8. The van der Waals surface area contributed by atoms with Crippen LogP contribution in [0.4, 0.5) is 8.78 Å². The smallest absolute Gasteiger partial charge is 0.129 e. The molecule has 0 aromatic rings. The molecule has 0 aliphatic rings. The molecule has 0 aliphatic carbocycles. The lowest BCUT2D eigenvalue weighted by Crippen LogP contribution is -2.38. The molecule has 0 bridgehead atoms. The topological polar surface area (TPSA) is 3.24 Å². The fourth-order valence-electron chi connectivity index (χ4n) is 2.86. The third-order valence-electron chi connectivity index (χ3n) is 4.75. The van der Waals surface area contributed by atoms with Crippen LogP contribution < -0.4 is 0 Å². The van der Waals surface area contributed by atoms with Gasteiger partial charge in [-0.05, 0) is 75.8 Å². The number of halogens is 2. The first-order chi connectivity index (χ1) is 11.8. The zero-order valence-electron chi connectivity index (χ0n) is 18.0. The fourth-order valence-corrected chi connectivity index (χ4v) is 2.86. The quantitative estimate of drug-likeness (QED) is 0.330. The lowest BCUT2D eigenvalue weighted by atomic mass is 9.78. The van der Waals surface area contributed by atoms with Crippen molar-refractivity contribution >= 4 is 0 Å². The molecule has 0 spiro atoms. The molecular formula is C23H39F2N. The normalized spacial score (nSPS) is 14.9. The number of hydrogen-bond acceptors (Lipinski definition) is 1. The minimum absolute atomic E-state index is 0.0147. The minimum atomic E-state index is -1.45. The Hall–Kier alpha value is -1.22.